The number of aromatic hydroxyl groups is 1. The fraction of sp³-hybridized carbons (Fsp3) is 0.364. The van der Waals surface area contributed by atoms with Gasteiger partial charge in [-0.25, -0.2) is 0 Å². The minimum absolute atomic E-state index is 0.0570. The average molecular weight is 241 g/mol. The van der Waals surface area contributed by atoms with Gasteiger partial charge in [0.15, 0.2) is 11.5 Å². The molecule has 0 heterocycles. The van der Waals surface area contributed by atoms with Gasteiger partial charge in [0.2, 0.25) is 0 Å². The molecule has 0 amide bonds. The van der Waals surface area contributed by atoms with Crippen molar-refractivity contribution in [3.8, 4) is 17.2 Å². The van der Waals surface area contributed by atoms with E-state index in [0.29, 0.717) is 17.1 Å². The zero-order valence-corrected chi connectivity index (χ0v) is 9.64. The third kappa shape index (κ3) is 3.01. The molecule has 1 aromatic rings. The second-order valence-corrected chi connectivity index (χ2v) is 3.47. The minimum atomic E-state index is -1.03. The molecule has 6 nitrogen and oxygen atoms in total. The topological polar surface area (TPSA) is 102 Å². The second kappa shape index (κ2) is 5.40. The summed E-state index contributed by atoms with van der Waals surface area (Å²) < 4.78 is 10.1. The zero-order valence-electron chi connectivity index (χ0n) is 9.64. The maximum absolute atomic E-state index is 10.6. The molecular formula is C11H15NO5. The van der Waals surface area contributed by atoms with E-state index < -0.39 is 12.0 Å². The number of phenolic OH excluding ortho intramolecular Hbond substituents is 1. The summed E-state index contributed by atoms with van der Waals surface area (Å²) in [5, 5.41) is 18.2. The Hall–Kier alpha value is -1.95. The number of benzene rings is 1. The van der Waals surface area contributed by atoms with Crippen molar-refractivity contribution in [3.05, 3.63) is 17.7 Å². The van der Waals surface area contributed by atoms with Crippen molar-refractivity contribution in [1.29, 1.82) is 0 Å². The zero-order chi connectivity index (χ0) is 13.0. The van der Waals surface area contributed by atoms with Gasteiger partial charge in [-0.3, -0.25) is 4.79 Å². The fourth-order valence-electron chi connectivity index (χ4n) is 1.55. The molecule has 0 aliphatic rings. The lowest BCUT2D eigenvalue weighted by atomic mass is 10.0. The van der Waals surface area contributed by atoms with Gasteiger partial charge in [-0.2, -0.15) is 0 Å². The molecule has 0 radical (unpaired) electrons. The van der Waals surface area contributed by atoms with E-state index in [1.807, 2.05) is 0 Å². The predicted molar refractivity (Wildman–Crippen MR) is 60.4 cm³/mol. The number of methoxy groups -OCH3 is 2. The molecular weight excluding hydrogens is 226 g/mol. The van der Waals surface area contributed by atoms with Crippen LogP contribution >= 0.6 is 0 Å². The summed E-state index contributed by atoms with van der Waals surface area (Å²) >= 11 is 0. The number of carboxylic acid groups (broad SMARTS) is 1. The van der Waals surface area contributed by atoms with E-state index in [4.69, 9.17) is 20.3 Å². The van der Waals surface area contributed by atoms with E-state index in [0.717, 1.165) is 0 Å². The lowest BCUT2D eigenvalue weighted by Crippen LogP contribution is -2.16. The lowest BCUT2D eigenvalue weighted by Gasteiger charge is -2.17. The van der Waals surface area contributed by atoms with Crippen LogP contribution in [-0.4, -0.2) is 30.4 Å². The molecule has 0 fully saturated rings. The van der Waals surface area contributed by atoms with Crippen molar-refractivity contribution in [1.82, 2.24) is 0 Å². The van der Waals surface area contributed by atoms with Crippen molar-refractivity contribution in [2.24, 2.45) is 5.73 Å². The van der Waals surface area contributed by atoms with Crippen LogP contribution < -0.4 is 15.2 Å². The summed E-state index contributed by atoms with van der Waals surface area (Å²) in [5.74, 6) is -0.442. The molecule has 17 heavy (non-hydrogen) atoms. The molecule has 0 spiro atoms. The van der Waals surface area contributed by atoms with E-state index in [2.05, 4.69) is 0 Å². The van der Waals surface area contributed by atoms with Gasteiger partial charge in [0.25, 0.3) is 0 Å². The molecule has 0 saturated carbocycles. The highest BCUT2D eigenvalue weighted by Gasteiger charge is 2.19. The number of ether oxygens (including phenoxy) is 2. The van der Waals surface area contributed by atoms with Crippen LogP contribution in [0.3, 0.4) is 0 Å². The number of carboxylic acids is 1. The third-order valence-corrected chi connectivity index (χ3v) is 2.29. The van der Waals surface area contributed by atoms with Crippen molar-refractivity contribution < 1.29 is 24.5 Å². The van der Waals surface area contributed by atoms with E-state index >= 15 is 0 Å². The number of hydrogen-bond acceptors (Lipinski definition) is 5. The summed E-state index contributed by atoms with van der Waals surface area (Å²) in [6.45, 7) is 0. The highest BCUT2D eigenvalue weighted by Crippen LogP contribution is 2.38. The molecule has 0 bridgehead atoms. The maximum Gasteiger partial charge on any atom is 0.305 e. The Kier molecular flexibility index (Phi) is 4.17. The van der Waals surface area contributed by atoms with Gasteiger partial charge in [0.1, 0.15) is 5.75 Å². The third-order valence-electron chi connectivity index (χ3n) is 2.29. The first kappa shape index (κ1) is 13.1. The molecule has 0 aliphatic carbocycles. The van der Waals surface area contributed by atoms with Crippen LogP contribution in [0.4, 0.5) is 0 Å². The van der Waals surface area contributed by atoms with Crippen LogP contribution in [-0.2, 0) is 4.79 Å². The molecule has 94 valence electrons. The Balaban J connectivity index is 3.20. The second-order valence-electron chi connectivity index (χ2n) is 3.47. The van der Waals surface area contributed by atoms with E-state index in [-0.39, 0.29) is 12.2 Å². The number of nitrogens with two attached hydrogens (primary N) is 1. The molecule has 0 aliphatic heterocycles. The number of carbonyl (C=O) groups is 1. The molecule has 0 aromatic heterocycles. The molecule has 1 rings (SSSR count). The molecule has 1 atom stereocenters. The van der Waals surface area contributed by atoms with Crippen molar-refractivity contribution >= 4 is 5.97 Å². The van der Waals surface area contributed by atoms with Gasteiger partial charge in [-0.05, 0) is 6.07 Å². The summed E-state index contributed by atoms with van der Waals surface area (Å²) in [4.78, 5) is 10.6. The molecule has 6 heteroatoms. The summed E-state index contributed by atoms with van der Waals surface area (Å²) in [6.07, 6.45) is -0.261. The summed E-state index contributed by atoms with van der Waals surface area (Å²) in [6, 6.07) is 1.97. The fourth-order valence-corrected chi connectivity index (χ4v) is 1.55. The average Bonchev–Trinajstić information content (AvgIpc) is 2.26. The van der Waals surface area contributed by atoms with Gasteiger partial charge >= 0.3 is 5.97 Å². The van der Waals surface area contributed by atoms with Crippen molar-refractivity contribution in [3.63, 3.8) is 0 Å². The molecule has 4 N–H and O–H groups in total. The van der Waals surface area contributed by atoms with Gasteiger partial charge in [0, 0.05) is 17.7 Å². The smallest absolute Gasteiger partial charge is 0.305 e. The van der Waals surface area contributed by atoms with Crippen LogP contribution in [0.25, 0.3) is 0 Å². The Morgan fingerprint density at radius 1 is 1.41 bits per heavy atom. The van der Waals surface area contributed by atoms with Crippen LogP contribution in [0, 0.1) is 0 Å². The first-order valence-electron chi connectivity index (χ1n) is 4.91. The van der Waals surface area contributed by atoms with Crippen LogP contribution in [0.2, 0.25) is 0 Å². The maximum atomic E-state index is 10.6. The summed E-state index contributed by atoms with van der Waals surface area (Å²) in [7, 11) is 2.84. The SMILES string of the molecule is COc1cc(O)cc(C(N)CC(=O)O)c1OC. The number of rotatable bonds is 5. The van der Waals surface area contributed by atoms with E-state index in [1.165, 1.54) is 26.4 Å². The van der Waals surface area contributed by atoms with Gasteiger partial charge in [-0.1, -0.05) is 0 Å². The van der Waals surface area contributed by atoms with Crippen LogP contribution in [0.5, 0.6) is 17.2 Å². The van der Waals surface area contributed by atoms with Gasteiger partial charge in [-0.15, -0.1) is 0 Å². The molecule has 1 unspecified atom stereocenters. The minimum Gasteiger partial charge on any atom is -0.508 e. The van der Waals surface area contributed by atoms with E-state index in [9.17, 15) is 9.90 Å². The van der Waals surface area contributed by atoms with Crippen molar-refractivity contribution in [2.75, 3.05) is 14.2 Å². The Bertz CT molecular complexity index is 419. The first-order chi connectivity index (χ1) is 7.99. The van der Waals surface area contributed by atoms with Crippen LogP contribution in [0.15, 0.2) is 12.1 Å². The predicted octanol–water partition coefficient (Wildman–Crippen LogP) is 0.884. The Labute approximate surface area is 98.6 Å². The number of hydrogen-bond donors (Lipinski definition) is 3. The van der Waals surface area contributed by atoms with Gasteiger partial charge < -0.3 is 25.4 Å². The number of aliphatic carboxylic acids is 1. The van der Waals surface area contributed by atoms with E-state index in [1.54, 1.807) is 0 Å². The van der Waals surface area contributed by atoms with Crippen molar-refractivity contribution in [2.45, 2.75) is 12.5 Å². The molecule has 1 aromatic carbocycles. The highest BCUT2D eigenvalue weighted by atomic mass is 16.5. The standard InChI is InChI=1S/C11H15NO5/c1-16-9-4-6(13)3-7(11(9)17-2)8(12)5-10(14)15/h3-4,8,13H,5,12H2,1-2H3,(H,14,15). The monoisotopic (exact) mass is 241 g/mol. The first-order valence-corrected chi connectivity index (χ1v) is 4.91. The van der Waals surface area contributed by atoms with Crippen LogP contribution in [0.1, 0.15) is 18.0 Å². The largest absolute Gasteiger partial charge is 0.508 e. The Morgan fingerprint density at radius 2 is 2.06 bits per heavy atom. The van der Waals surface area contributed by atoms with Gasteiger partial charge in [0.05, 0.1) is 20.6 Å². The molecule has 0 saturated heterocycles. The Morgan fingerprint density at radius 3 is 2.53 bits per heavy atom. The quantitative estimate of drug-likeness (QED) is 0.707. The lowest BCUT2D eigenvalue weighted by molar-refractivity contribution is -0.137. The normalized spacial score (nSPS) is 11.9. The number of phenols is 1. The summed E-state index contributed by atoms with van der Waals surface area (Å²) in [5.41, 5.74) is 6.13. The highest BCUT2D eigenvalue weighted by molar-refractivity contribution is 5.68.